The first kappa shape index (κ1) is 24.0. The molecule has 2 aromatic carbocycles. The van der Waals surface area contributed by atoms with Crippen LogP contribution < -0.4 is 20.3 Å². The van der Waals surface area contributed by atoms with E-state index in [2.05, 4.69) is 15.5 Å². The molecule has 0 bridgehead atoms. The molecule has 0 saturated heterocycles. The van der Waals surface area contributed by atoms with Crippen LogP contribution in [0.3, 0.4) is 0 Å². The van der Waals surface area contributed by atoms with E-state index in [0.717, 1.165) is 16.9 Å². The quantitative estimate of drug-likeness (QED) is 0.419. The summed E-state index contributed by atoms with van der Waals surface area (Å²) in [7, 11) is 3.11. The first-order chi connectivity index (χ1) is 16.9. The Morgan fingerprint density at radius 1 is 1.03 bits per heavy atom. The highest BCUT2D eigenvalue weighted by Crippen LogP contribution is 2.30. The molecule has 0 saturated carbocycles. The molecular formula is C26H29N5O4. The summed E-state index contributed by atoms with van der Waals surface area (Å²) in [5, 5.41) is 12.7. The van der Waals surface area contributed by atoms with Crippen molar-refractivity contribution in [2.75, 3.05) is 14.2 Å². The molecule has 1 amide bonds. The van der Waals surface area contributed by atoms with E-state index in [-0.39, 0.29) is 12.5 Å². The number of ether oxygens (including phenoxy) is 2. The molecule has 0 unspecified atom stereocenters. The average Bonchev–Trinajstić information content (AvgIpc) is 3.24. The van der Waals surface area contributed by atoms with Gasteiger partial charge < -0.3 is 14.8 Å². The number of para-hydroxylation sites is 2. The second-order valence-corrected chi connectivity index (χ2v) is 8.19. The Kier molecular flexibility index (Phi) is 6.86. The van der Waals surface area contributed by atoms with Gasteiger partial charge in [0, 0.05) is 12.1 Å². The maximum Gasteiger partial charge on any atom is 0.295 e. The number of carbonyl (C=O) groups is 1. The van der Waals surface area contributed by atoms with Gasteiger partial charge in [-0.1, -0.05) is 37.3 Å². The van der Waals surface area contributed by atoms with Crippen molar-refractivity contribution in [2.24, 2.45) is 0 Å². The van der Waals surface area contributed by atoms with E-state index in [1.165, 1.54) is 4.68 Å². The molecule has 0 radical (unpaired) electrons. The number of hydrogen-bond acceptors (Lipinski definition) is 6. The summed E-state index contributed by atoms with van der Waals surface area (Å²) in [6, 6.07) is 14.3. The highest BCUT2D eigenvalue weighted by molar-refractivity contribution is 5.84. The molecule has 0 spiro atoms. The molecular weight excluding hydrogens is 446 g/mol. The van der Waals surface area contributed by atoms with Crippen molar-refractivity contribution >= 4 is 16.8 Å². The molecule has 182 valence electrons. The summed E-state index contributed by atoms with van der Waals surface area (Å²) in [6.45, 7) is 5.80. The fourth-order valence-corrected chi connectivity index (χ4v) is 4.34. The third kappa shape index (κ3) is 4.37. The lowest BCUT2D eigenvalue weighted by molar-refractivity contribution is -0.125. The molecule has 9 nitrogen and oxygen atoms in total. The number of amides is 1. The van der Waals surface area contributed by atoms with E-state index in [1.54, 1.807) is 25.0 Å². The van der Waals surface area contributed by atoms with Gasteiger partial charge in [0.2, 0.25) is 5.91 Å². The first-order valence-electron chi connectivity index (χ1n) is 11.4. The number of methoxy groups -OCH3 is 2. The summed E-state index contributed by atoms with van der Waals surface area (Å²) in [5.74, 6) is 0.817. The number of benzene rings is 2. The van der Waals surface area contributed by atoms with Crippen molar-refractivity contribution in [3.05, 3.63) is 75.8 Å². The molecule has 0 fully saturated rings. The summed E-state index contributed by atoms with van der Waals surface area (Å²) in [5.41, 5.74) is 2.97. The predicted octanol–water partition coefficient (Wildman–Crippen LogP) is 3.48. The molecule has 2 heterocycles. The highest BCUT2D eigenvalue weighted by atomic mass is 16.5. The molecule has 0 aliphatic rings. The molecule has 35 heavy (non-hydrogen) atoms. The Balaban J connectivity index is 1.68. The second kappa shape index (κ2) is 10.0. The fourth-order valence-electron chi connectivity index (χ4n) is 4.34. The van der Waals surface area contributed by atoms with E-state index in [4.69, 9.17) is 9.47 Å². The third-order valence-corrected chi connectivity index (χ3v) is 6.07. The Morgan fingerprint density at radius 3 is 2.43 bits per heavy atom. The molecule has 1 N–H and O–H groups in total. The Hall–Kier alpha value is -4.14. The van der Waals surface area contributed by atoms with Crippen molar-refractivity contribution in [1.82, 2.24) is 24.9 Å². The van der Waals surface area contributed by atoms with Crippen LogP contribution in [0, 0.1) is 13.8 Å². The van der Waals surface area contributed by atoms with Crippen LogP contribution in [0.5, 0.6) is 11.5 Å². The average molecular weight is 476 g/mol. The minimum absolute atomic E-state index is 0.216. The van der Waals surface area contributed by atoms with Gasteiger partial charge in [0.05, 0.1) is 36.7 Å². The number of fused-ring (bicyclic) bond motifs is 1. The maximum atomic E-state index is 13.4. The lowest BCUT2D eigenvalue weighted by atomic mass is 10.1. The molecule has 0 aliphatic heterocycles. The number of nitrogens with one attached hydrogen (secondary N) is 1. The summed E-state index contributed by atoms with van der Waals surface area (Å²) < 4.78 is 13.8. The zero-order valence-corrected chi connectivity index (χ0v) is 20.5. The number of rotatable bonds is 8. The molecule has 4 rings (SSSR count). The number of nitrogens with zero attached hydrogens (tertiary/aromatic N) is 4. The highest BCUT2D eigenvalue weighted by Gasteiger charge is 2.25. The van der Waals surface area contributed by atoms with Crippen LogP contribution in [0.25, 0.3) is 16.6 Å². The molecule has 4 aromatic rings. The normalized spacial score (nSPS) is 11.9. The third-order valence-electron chi connectivity index (χ3n) is 6.07. The van der Waals surface area contributed by atoms with Crippen LogP contribution in [-0.2, 0) is 11.3 Å². The van der Waals surface area contributed by atoms with Crippen molar-refractivity contribution in [2.45, 2.75) is 39.8 Å². The summed E-state index contributed by atoms with van der Waals surface area (Å²) >= 11 is 0. The lowest BCUT2D eigenvalue weighted by Gasteiger charge is -2.18. The van der Waals surface area contributed by atoms with Gasteiger partial charge in [-0.3, -0.25) is 9.59 Å². The van der Waals surface area contributed by atoms with Crippen molar-refractivity contribution in [3.8, 4) is 17.2 Å². The second-order valence-electron chi connectivity index (χ2n) is 8.19. The van der Waals surface area contributed by atoms with Gasteiger partial charge in [-0.05, 0) is 38.5 Å². The predicted molar refractivity (Wildman–Crippen MR) is 133 cm³/mol. The van der Waals surface area contributed by atoms with E-state index < -0.39 is 11.6 Å². The smallest absolute Gasteiger partial charge is 0.295 e. The van der Waals surface area contributed by atoms with Crippen LogP contribution in [0.2, 0.25) is 0 Å². The number of aromatic nitrogens is 4. The zero-order chi connectivity index (χ0) is 25.1. The van der Waals surface area contributed by atoms with Gasteiger partial charge in [0.1, 0.15) is 6.04 Å². The van der Waals surface area contributed by atoms with E-state index >= 15 is 0 Å². The zero-order valence-electron chi connectivity index (χ0n) is 20.5. The molecule has 9 heteroatoms. The van der Waals surface area contributed by atoms with Gasteiger partial charge in [-0.25, -0.2) is 9.36 Å². The number of hydrogen-bond donors (Lipinski definition) is 1. The molecule has 1 atom stereocenters. The van der Waals surface area contributed by atoms with Crippen LogP contribution in [0.4, 0.5) is 0 Å². The monoisotopic (exact) mass is 475 g/mol. The van der Waals surface area contributed by atoms with Crippen molar-refractivity contribution in [3.63, 3.8) is 0 Å². The van der Waals surface area contributed by atoms with Crippen molar-refractivity contribution < 1.29 is 14.3 Å². The van der Waals surface area contributed by atoms with Gasteiger partial charge in [0.15, 0.2) is 17.0 Å². The van der Waals surface area contributed by atoms with Crippen LogP contribution in [0.15, 0.2) is 53.3 Å². The van der Waals surface area contributed by atoms with Gasteiger partial charge >= 0.3 is 0 Å². The summed E-state index contributed by atoms with van der Waals surface area (Å²) in [6.07, 6.45) is 0.386. The minimum atomic E-state index is -0.788. The van der Waals surface area contributed by atoms with E-state index in [1.807, 2.05) is 63.2 Å². The SMILES string of the molecule is CC[C@H](C(=O)NCc1cccc(OC)c1OC)n1nc(C)c2c(C)n(-c3ccccc3)nc2c1=O. The lowest BCUT2D eigenvalue weighted by Crippen LogP contribution is -2.38. The number of aryl methyl sites for hydroxylation is 2. The van der Waals surface area contributed by atoms with E-state index in [9.17, 15) is 9.59 Å². The standard InChI is InChI=1S/C26H29N5O4/c1-6-20(25(32)27-15-18-11-10-14-21(34-4)24(18)35-5)31-26(33)23-22(16(2)28-31)17(3)30(29-23)19-12-8-7-9-13-19/h7-14,20H,6,15H2,1-5H3,(H,27,32)/t20-/m1/s1. The first-order valence-corrected chi connectivity index (χ1v) is 11.4. The Bertz CT molecular complexity index is 1430. The van der Waals surface area contributed by atoms with Gasteiger partial charge in [-0.15, -0.1) is 0 Å². The Morgan fingerprint density at radius 2 is 1.77 bits per heavy atom. The molecule has 2 aromatic heterocycles. The van der Waals surface area contributed by atoms with Gasteiger partial charge in [0.25, 0.3) is 5.56 Å². The molecule has 0 aliphatic carbocycles. The topological polar surface area (TPSA) is 100 Å². The number of carbonyl (C=O) groups excluding carboxylic acids is 1. The minimum Gasteiger partial charge on any atom is -0.493 e. The Labute approximate surface area is 203 Å². The van der Waals surface area contributed by atoms with Crippen molar-refractivity contribution in [1.29, 1.82) is 0 Å². The summed E-state index contributed by atoms with van der Waals surface area (Å²) in [4.78, 5) is 26.6. The fraction of sp³-hybridized carbons (Fsp3) is 0.308. The largest absolute Gasteiger partial charge is 0.493 e. The van der Waals surface area contributed by atoms with E-state index in [0.29, 0.717) is 34.5 Å². The van der Waals surface area contributed by atoms with Crippen LogP contribution in [0.1, 0.15) is 36.3 Å². The maximum absolute atomic E-state index is 13.4. The van der Waals surface area contributed by atoms with Crippen LogP contribution >= 0.6 is 0 Å². The van der Waals surface area contributed by atoms with Crippen LogP contribution in [-0.4, -0.2) is 39.7 Å². The van der Waals surface area contributed by atoms with Gasteiger partial charge in [-0.2, -0.15) is 10.2 Å².